The third kappa shape index (κ3) is 4.54. The van der Waals surface area contributed by atoms with Gasteiger partial charge in [-0.25, -0.2) is 0 Å². The molecule has 2 rings (SSSR count). The minimum atomic E-state index is 0.288. The van der Waals surface area contributed by atoms with E-state index in [1.807, 2.05) is 24.3 Å². The molecule has 1 aromatic rings. The highest BCUT2D eigenvalue weighted by Gasteiger charge is 2.32. The molecule has 0 heterocycles. The van der Waals surface area contributed by atoms with Crippen molar-refractivity contribution in [1.82, 2.24) is 4.90 Å². The highest BCUT2D eigenvalue weighted by molar-refractivity contribution is 6.30. The van der Waals surface area contributed by atoms with E-state index in [4.69, 9.17) is 11.6 Å². The molecule has 0 bridgehead atoms. The van der Waals surface area contributed by atoms with E-state index in [0.717, 1.165) is 23.6 Å². The number of nitrogens with zero attached hydrogens (tertiary/aromatic N) is 1. The van der Waals surface area contributed by atoms with Crippen LogP contribution in [0.2, 0.25) is 5.02 Å². The van der Waals surface area contributed by atoms with Gasteiger partial charge in [0.15, 0.2) is 0 Å². The average molecular weight is 280 g/mol. The normalized spacial score (nSPS) is 14.7. The summed E-state index contributed by atoms with van der Waals surface area (Å²) in [6, 6.07) is 8.29. The molecule has 1 fully saturated rings. The Kier molecular flexibility index (Phi) is 4.87. The zero-order chi connectivity index (χ0) is 13.8. The van der Waals surface area contributed by atoms with Gasteiger partial charge in [-0.1, -0.05) is 37.6 Å². The van der Waals surface area contributed by atoms with E-state index in [2.05, 4.69) is 18.7 Å². The van der Waals surface area contributed by atoms with E-state index in [0.29, 0.717) is 18.4 Å². The van der Waals surface area contributed by atoms with Crippen molar-refractivity contribution in [3.05, 3.63) is 34.9 Å². The average Bonchev–Trinajstić information content (AvgIpc) is 3.17. The lowest BCUT2D eigenvalue weighted by Gasteiger charge is -2.24. The van der Waals surface area contributed by atoms with Crippen LogP contribution in [0.25, 0.3) is 0 Å². The molecule has 0 radical (unpaired) electrons. The Hall–Kier alpha value is -1.02. The first kappa shape index (κ1) is 14.4. The maximum Gasteiger partial charge on any atom is 0.223 e. The van der Waals surface area contributed by atoms with Crippen LogP contribution in [0.5, 0.6) is 0 Å². The number of aryl methyl sites for hydroxylation is 1. The lowest BCUT2D eigenvalue weighted by Crippen LogP contribution is -2.36. The van der Waals surface area contributed by atoms with Gasteiger partial charge in [-0.3, -0.25) is 4.79 Å². The van der Waals surface area contributed by atoms with Crippen molar-refractivity contribution in [2.75, 3.05) is 6.54 Å². The second kappa shape index (κ2) is 6.42. The van der Waals surface area contributed by atoms with Crippen molar-refractivity contribution >= 4 is 17.5 Å². The van der Waals surface area contributed by atoms with Crippen LogP contribution in [0.4, 0.5) is 0 Å². The number of rotatable bonds is 6. The maximum absolute atomic E-state index is 12.3. The molecule has 104 valence electrons. The van der Waals surface area contributed by atoms with Gasteiger partial charge in [0.25, 0.3) is 0 Å². The molecule has 1 aliphatic rings. The van der Waals surface area contributed by atoms with Crippen LogP contribution in [-0.4, -0.2) is 23.4 Å². The Morgan fingerprint density at radius 1 is 1.42 bits per heavy atom. The van der Waals surface area contributed by atoms with E-state index in [9.17, 15) is 4.79 Å². The van der Waals surface area contributed by atoms with Gasteiger partial charge in [-0.15, -0.1) is 0 Å². The standard InChI is InChI=1S/C16H22ClNO/c1-12(2)11-18(15-7-8-15)16(19)9-6-13-4-3-5-14(17)10-13/h3-5,10,12,15H,6-9,11H2,1-2H3. The van der Waals surface area contributed by atoms with Crippen LogP contribution < -0.4 is 0 Å². The number of amides is 1. The summed E-state index contributed by atoms with van der Waals surface area (Å²) in [5.74, 6) is 0.826. The molecule has 0 spiro atoms. The summed E-state index contributed by atoms with van der Waals surface area (Å²) in [7, 11) is 0. The molecule has 0 unspecified atom stereocenters. The summed E-state index contributed by atoms with van der Waals surface area (Å²) in [5, 5.41) is 0.742. The summed E-state index contributed by atoms with van der Waals surface area (Å²) >= 11 is 5.96. The largest absolute Gasteiger partial charge is 0.339 e. The van der Waals surface area contributed by atoms with Gasteiger partial charge < -0.3 is 4.90 Å². The Balaban J connectivity index is 1.88. The molecule has 0 atom stereocenters. The summed E-state index contributed by atoms with van der Waals surface area (Å²) in [4.78, 5) is 14.4. The van der Waals surface area contributed by atoms with Crippen molar-refractivity contribution in [3.63, 3.8) is 0 Å². The monoisotopic (exact) mass is 279 g/mol. The maximum atomic E-state index is 12.3. The predicted octanol–water partition coefficient (Wildman–Crippen LogP) is 3.92. The lowest BCUT2D eigenvalue weighted by atomic mass is 10.1. The molecule has 1 saturated carbocycles. The van der Waals surface area contributed by atoms with E-state index < -0.39 is 0 Å². The zero-order valence-corrected chi connectivity index (χ0v) is 12.5. The van der Waals surface area contributed by atoms with Crippen molar-refractivity contribution in [2.24, 2.45) is 5.92 Å². The van der Waals surface area contributed by atoms with Gasteiger partial charge in [-0.05, 0) is 42.9 Å². The summed E-state index contributed by atoms with van der Waals surface area (Å²) in [6.45, 7) is 5.22. The second-order valence-corrected chi connectivity index (χ2v) is 6.24. The highest BCUT2D eigenvalue weighted by Crippen LogP contribution is 2.28. The fourth-order valence-electron chi connectivity index (χ4n) is 2.32. The molecule has 1 amide bonds. The third-order valence-corrected chi connectivity index (χ3v) is 3.62. The zero-order valence-electron chi connectivity index (χ0n) is 11.7. The highest BCUT2D eigenvalue weighted by atomic mass is 35.5. The van der Waals surface area contributed by atoms with Crippen LogP contribution in [0, 0.1) is 5.92 Å². The predicted molar refractivity (Wildman–Crippen MR) is 79.3 cm³/mol. The molecule has 3 heteroatoms. The Labute approximate surface area is 120 Å². The number of carbonyl (C=O) groups excluding carboxylic acids is 1. The topological polar surface area (TPSA) is 20.3 Å². The fraction of sp³-hybridized carbons (Fsp3) is 0.562. The molecule has 0 aliphatic heterocycles. The Morgan fingerprint density at radius 2 is 2.16 bits per heavy atom. The van der Waals surface area contributed by atoms with Crippen molar-refractivity contribution in [2.45, 2.75) is 45.6 Å². The molecule has 2 nitrogen and oxygen atoms in total. The van der Waals surface area contributed by atoms with Crippen LogP contribution in [0.15, 0.2) is 24.3 Å². The molecule has 0 aromatic heterocycles. The number of carbonyl (C=O) groups is 1. The smallest absolute Gasteiger partial charge is 0.223 e. The number of hydrogen-bond acceptors (Lipinski definition) is 1. The number of halogens is 1. The number of hydrogen-bond donors (Lipinski definition) is 0. The van der Waals surface area contributed by atoms with Gasteiger partial charge in [0.05, 0.1) is 0 Å². The van der Waals surface area contributed by atoms with Crippen LogP contribution in [0.1, 0.15) is 38.7 Å². The van der Waals surface area contributed by atoms with Crippen molar-refractivity contribution in [1.29, 1.82) is 0 Å². The molecule has 1 aromatic carbocycles. The third-order valence-electron chi connectivity index (χ3n) is 3.39. The van der Waals surface area contributed by atoms with Gasteiger partial charge >= 0.3 is 0 Å². The first-order chi connectivity index (χ1) is 9.06. The molecule has 1 aliphatic carbocycles. The molecule has 19 heavy (non-hydrogen) atoms. The molecule has 0 saturated heterocycles. The quantitative estimate of drug-likeness (QED) is 0.773. The molecule has 0 N–H and O–H groups in total. The summed E-state index contributed by atoms with van der Waals surface area (Å²) in [6.07, 6.45) is 3.72. The van der Waals surface area contributed by atoms with Crippen molar-refractivity contribution < 1.29 is 4.79 Å². The summed E-state index contributed by atoms with van der Waals surface area (Å²) in [5.41, 5.74) is 1.14. The fourth-order valence-corrected chi connectivity index (χ4v) is 2.53. The molecular weight excluding hydrogens is 258 g/mol. The SMILES string of the molecule is CC(C)CN(C(=O)CCc1cccc(Cl)c1)C1CC1. The first-order valence-corrected chi connectivity index (χ1v) is 7.48. The Bertz CT molecular complexity index is 440. The number of benzene rings is 1. The second-order valence-electron chi connectivity index (χ2n) is 5.80. The minimum absolute atomic E-state index is 0.288. The minimum Gasteiger partial charge on any atom is -0.339 e. The van der Waals surface area contributed by atoms with E-state index in [1.54, 1.807) is 0 Å². The van der Waals surface area contributed by atoms with Gasteiger partial charge in [0, 0.05) is 24.0 Å². The lowest BCUT2D eigenvalue weighted by molar-refractivity contribution is -0.132. The van der Waals surface area contributed by atoms with Crippen LogP contribution >= 0.6 is 11.6 Å². The Morgan fingerprint density at radius 3 is 2.74 bits per heavy atom. The molecular formula is C16H22ClNO. The van der Waals surface area contributed by atoms with E-state index in [1.165, 1.54) is 12.8 Å². The van der Waals surface area contributed by atoms with E-state index >= 15 is 0 Å². The van der Waals surface area contributed by atoms with Crippen molar-refractivity contribution in [3.8, 4) is 0 Å². The van der Waals surface area contributed by atoms with Crippen LogP contribution in [0.3, 0.4) is 0 Å². The summed E-state index contributed by atoms with van der Waals surface area (Å²) < 4.78 is 0. The van der Waals surface area contributed by atoms with E-state index in [-0.39, 0.29) is 5.91 Å². The van der Waals surface area contributed by atoms with Gasteiger partial charge in [0.1, 0.15) is 0 Å². The van der Waals surface area contributed by atoms with Gasteiger partial charge in [-0.2, -0.15) is 0 Å². The van der Waals surface area contributed by atoms with Gasteiger partial charge in [0.2, 0.25) is 5.91 Å². The first-order valence-electron chi connectivity index (χ1n) is 7.10. The van der Waals surface area contributed by atoms with Crippen LogP contribution in [-0.2, 0) is 11.2 Å².